The Hall–Kier alpha value is -0.770. The summed E-state index contributed by atoms with van der Waals surface area (Å²) in [5, 5.41) is 3.09. The highest BCUT2D eigenvalue weighted by atomic mass is 79.9. The van der Waals surface area contributed by atoms with Crippen molar-refractivity contribution in [2.45, 2.75) is 46.2 Å². The quantitative estimate of drug-likeness (QED) is 0.912. The molecular formula is C13H19BrN2O. The van der Waals surface area contributed by atoms with Gasteiger partial charge in [0, 0.05) is 22.8 Å². The van der Waals surface area contributed by atoms with Crippen LogP contribution in [0.25, 0.3) is 0 Å². The molecule has 0 radical (unpaired) electrons. The smallest absolute Gasteiger partial charge is 0.268 e. The van der Waals surface area contributed by atoms with Gasteiger partial charge in [0.25, 0.3) is 5.91 Å². The summed E-state index contributed by atoms with van der Waals surface area (Å²) in [6.07, 6.45) is 3.03. The van der Waals surface area contributed by atoms with E-state index in [-0.39, 0.29) is 17.4 Å². The van der Waals surface area contributed by atoms with Crippen LogP contribution in [0.1, 0.15) is 50.6 Å². The second kappa shape index (κ2) is 4.16. The first kappa shape index (κ1) is 12.7. The van der Waals surface area contributed by atoms with Gasteiger partial charge in [0.1, 0.15) is 5.69 Å². The maximum Gasteiger partial charge on any atom is 0.268 e. The molecule has 0 spiro atoms. The Bertz CT molecular complexity index is 448. The number of carbonyl (C=O) groups is 1. The zero-order chi connectivity index (χ0) is 12.8. The van der Waals surface area contributed by atoms with Gasteiger partial charge in [-0.1, -0.05) is 13.8 Å². The second-order valence-corrected chi connectivity index (χ2v) is 6.68. The molecule has 0 saturated heterocycles. The summed E-state index contributed by atoms with van der Waals surface area (Å²) in [5.41, 5.74) is 0.997. The first-order chi connectivity index (χ1) is 7.81. The number of nitrogens with one attached hydrogen (secondary N) is 1. The molecule has 94 valence electrons. The summed E-state index contributed by atoms with van der Waals surface area (Å²) in [7, 11) is 0. The van der Waals surface area contributed by atoms with Crippen LogP contribution in [0.4, 0.5) is 0 Å². The molecule has 0 bridgehead atoms. The van der Waals surface area contributed by atoms with E-state index in [1.54, 1.807) is 0 Å². The summed E-state index contributed by atoms with van der Waals surface area (Å²) in [4.78, 5) is 12.2. The van der Waals surface area contributed by atoms with Crippen molar-refractivity contribution < 1.29 is 4.79 Å². The average Bonchev–Trinajstić information content (AvgIpc) is 2.63. The third kappa shape index (κ3) is 2.57. The normalized spacial score (nSPS) is 21.6. The van der Waals surface area contributed by atoms with Crippen LogP contribution >= 0.6 is 15.9 Å². The van der Waals surface area contributed by atoms with Crippen LogP contribution in [0, 0.1) is 5.41 Å². The topological polar surface area (TPSA) is 34.0 Å². The molecule has 1 unspecified atom stereocenters. The standard InChI is InChI=1S/C13H19BrN2O/c1-8(2)16-7-9(14)5-10(16)12(17)15-11-6-13(11,3)4/h5,7-8,11H,6H2,1-4H3,(H,15,17). The predicted molar refractivity (Wildman–Crippen MR) is 72.2 cm³/mol. The predicted octanol–water partition coefficient (Wildman–Crippen LogP) is 3.36. The van der Waals surface area contributed by atoms with Crippen LogP contribution in [-0.4, -0.2) is 16.5 Å². The van der Waals surface area contributed by atoms with Gasteiger partial charge in [0.05, 0.1) is 0 Å². The lowest BCUT2D eigenvalue weighted by Gasteiger charge is -2.13. The van der Waals surface area contributed by atoms with Gasteiger partial charge >= 0.3 is 0 Å². The first-order valence-corrected chi connectivity index (χ1v) is 6.79. The van der Waals surface area contributed by atoms with Crippen LogP contribution in [-0.2, 0) is 0 Å². The average molecular weight is 299 g/mol. The van der Waals surface area contributed by atoms with Crippen molar-refractivity contribution in [3.63, 3.8) is 0 Å². The molecule has 3 nitrogen and oxygen atoms in total. The monoisotopic (exact) mass is 298 g/mol. The number of amides is 1. The van der Waals surface area contributed by atoms with E-state index < -0.39 is 0 Å². The minimum atomic E-state index is 0.0278. The van der Waals surface area contributed by atoms with Gasteiger partial charge in [-0.25, -0.2) is 0 Å². The van der Waals surface area contributed by atoms with E-state index in [4.69, 9.17) is 0 Å². The molecule has 1 heterocycles. The van der Waals surface area contributed by atoms with Crippen LogP contribution in [0.15, 0.2) is 16.7 Å². The Kier molecular flexibility index (Phi) is 3.10. The molecule has 1 aromatic heterocycles. The van der Waals surface area contributed by atoms with Gasteiger partial charge in [-0.05, 0) is 47.7 Å². The van der Waals surface area contributed by atoms with Crippen molar-refractivity contribution >= 4 is 21.8 Å². The molecule has 4 heteroatoms. The zero-order valence-electron chi connectivity index (χ0n) is 10.7. The Morgan fingerprint density at radius 1 is 1.59 bits per heavy atom. The van der Waals surface area contributed by atoms with E-state index in [0.717, 1.165) is 16.6 Å². The second-order valence-electron chi connectivity index (χ2n) is 5.76. The van der Waals surface area contributed by atoms with E-state index in [2.05, 4.69) is 48.9 Å². The summed E-state index contributed by atoms with van der Waals surface area (Å²) < 4.78 is 2.95. The molecule has 1 N–H and O–H groups in total. The van der Waals surface area contributed by atoms with Crippen LogP contribution in [0.3, 0.4) is 0 Å². The van der Waals surface area contributed by atoms with E-state index in [0.29, 0.717) is 6.04 Å². The molecule has 1 aromatic rings. The fraction of sp³-hybridized carbons (Fsp3) is 0.615. The third-order valence-corrected chi connectivity index (χ3v) is 3.86. The minimum Gasteiger partial charge on any atom is -0.347 e. The molecule has 1 saturated carbocycles. The molecule has 1 aliphatic carbocycles. The highest BCUT2D eigenvalue weighted by Gasteiger charge is 2.46. The van der Waals surface area contributed by atoms with Gasteiger partial charge in [0.2, 0.25) is 0 Å². The number of nitrogens with zero attached hydrogens (tertiary/aromatic N) is 1. The number of hydrogen-bond acceptors (Lipinski definition) is 1. The van der Waals surface area contributed by atoms with Crippen LogP contribution in [0.5, 0.6) is 0 Å². The van der Waals surface area contributed by atoms with E-state index in [1.807, 2.05) is 16.8 Å². The summed E-state index contributed by atoms with van der Waals surface area (Å²) in [6, 6.07) is 2.49. The lowest BCUT2D eigenvalue weighted by molar-refractivity contribution is 0.0935. The number of rotatable bonds is 3. The maximum atomic E-state index is 12.2. The fourth-order valence-electron chi connectivity index (χ4n) is 2.00. The number of halogens is 1. The largest absolute Gasteiger partial charge is 0.347 e. The summed E-state index contributed by atoms with van der Waals surface area (Å²) >= 11 is 3.42. The van der Waals surface area contributed by atoms with Gasteiger partial charge in [-0.15, -0.1) is 0 Å². The molecule has 1 aliphatic rings. The molecule has 2 rings (SSSR count). The lowest BCUT2D eigenvalue weighted by Crippen LogP contribution is -2.30. The number of aromatic nitrogens is 1. The molecule has 1 amide bonds. The molecule has 1 fully saturated rings. The minimum absolute atomic E-state index is 0.0278. The Morgan fingerprint density at radius 2 is 2.18 bits per heavy atom. The van der Waals surface area contributed by atoms with Crippen molar-refractivity contribution in [2.75, 3.05) is 0 Å². The molecule has 0 aliphatic heterocycles. The Morgan fingerprint density at radius 3 is 2.65 bits per heavy atom. The van der Waals surface area contributed by atoms with Crippen molar-refractivity contribution in [2.24, 2.45) is 5.41 Å². The zero-order valence-corrected chi connectivity index (χ0v) is 12.3. The van der Waals surface area contributed by atoms with E-state index in [9.17, 15) is 4.79 Å². The van der Waals surface area contributed by atoms with Gasteiger partial charge in [0.15, 0.2) is 0 Å². The first-order valence-electron chi connectivity index (χ1n) is 5.99. The van der Waals surface area contributed by atoms with Gasteiger partial charge in [-0.2, -0.15) is 0 Å². The number of carbonyl (C=O) groups excluding carboxylic acids is 1. The summed E-state index contributed by atoms with van der Waals surface area (Å²) in [6.45, 7) is 8.50. The highest BCUT2D eigenvalue weighted by molar-refractivity contribution is 9.10. The summed E-state index contributed by atoms with van der Waals surface area (Å²) in [5.74, 6) is 0.0278. The SMILES string of the molecule is CC(C)n1cc(Br)cc1C(=O)NC1CC1(C)C. The number of hydrogen-bond donors (Lipinski definition) is 1. The molecule has 17 heavy (non-hydrogen) atoms. The fourth-order valence-corrected chi connectivity index (χ4v) is 2.44. The lowest BCUT2D eigenvalue weighted by atomic mass is 10.2. The highest BCUT2D eigenvalue weighted by Crippen LogP contribution is 2.44. The van der Waals surface area contributed by atoms with E-state index in [1.165, 1.54) is 0 Å². The van der Waals surface area contributed by atoms with E-state index >= 15 is 0 Å². The third-order valence-electron chi connectivity index (χ3n) is 3.42. The van der Waals surface area contributed by atoms with Crippen LogP contribution in [0.2, 0.25) is 0 Å². The molecule has 1 atom stereocenters. The maximum absolute atomic E-state index is 12.2. The van der Waals surface area contributed by atoms with Crippen molar-refractivity contribution in [1.82, 2.24) is 9.88 Å². The molecular weight excluding hydrogens is 280 g/mol. The van der Waals surface area contributed by atoms with Crippen molar-refractivity contribution in [3.05, 3.63) is 22.4 Å². The van der Waals surface area contributed by atoms with Crippen molar-refractivity contribution in [3.8, 4) is 0 Å². The van der Waals surface area contributed by atoms with Gasteiger partial charge < -0.3 is 9.88 Å². The van der Waals surface area contributed by atoms with Crippen LogP contribution < -0.4 is 5.32 Å². The Labute approximate surface area is 111 Å². The van der Waals surface area contributed by atoms with Crippen molar-refractivity contribution in [1.29, 1.82) is 0 Å². The van der Waals surface area contributed by atoms with Gasteiger partial charge in [-0.3, -0.25) is 4.79 Å². The molecule has 0 aromatic carbocycles. The Balaban J connectivity index is 2.14.